The highest BCUT2D eigenvalue weighted by molar-refractivity contribution is 7.88. The van der Waals surface area contributed by atoms with Gasteiger partial charge in [-0.05, 0) is 17.7 Å². The number of aliphatic hydroxyl groups is 1. The minimum atomic E-state index is -3.98. The lowest BCUT2D eigenvalue weighted by Gasteiger charge is -2.16. The van der Waals surface area contributed by atoms with E-state index in [1.54, 1.807) is 30.3 Å². The van der Waals surface area contributed by atoms with Crippen molar-refractivity contribution in [2.24, 2.45) is 5.73 Å². The van der Waals surface area contributed by atoms with Crippen molar-refractivity contribution in [2.75, 3.05) is 18.5 Å². The fraction of sp³-hybridized carbons (Fsp3) is 0.200. The van der Waals surface area contributed by atoms with E-state index < -0.39 is 58.7 Å². The Morgan fingerprint density at radius 3 is 2.38 bits per heavy atom. The number of benzene rings is 2. The maximum absolute atomic E-state index is 12.4. The van der Waals surface area contributed by atoms with E-state index in [0.717, 1.165) is 6.07 Å². The van der Waals surface area contributed by atoms with Crippen molar-refractivity contribution >= 4 is 39.4 Å². The molecular formula is C20H24N6O7S. The van der Waals surface area contributed by atoms with Crippen LogP contribution in [0.1, 0.15) is 15.9 Å². The first kappa shape index (κ1) is 26.2. The summed E-state index contributed by atoms with van der Waals surface area (Å²) in [6.07, 6.45) is 0. The van der Waals surface area contributed by atoms with Crippen LogP contribution in [0.3, 0.4) is 0 Å². The van der Waals surface area contributed by atoms with E-state index >= 15 is 0 Å². The number of phenols is 1. The summed E-state index contributed by atoms with van der Waals surface area (Å²) in [5.74, 6) is -3.98. The SMILES string of the molecule is N=C(N)Nc1cc(O)ccc1C(=O)NC(=O)CNC(=O)[C@H](CO)NS(=O)(=O)Cc1ccccc1. The zero-order chi connectivity index (χ0) is 25.3. The number of guanidine groups is 1. The number of nitrogens with one attached hydrogen (secondary N) is 5. The molecule has 9 N–H and O–H groups in total. The fourth-order valence-electron chi connectivity index (χ4n) is 2.73. The van der Waals surface area contributed by atoms with Gasteiger partial charge in [0.25, 0.3) is 5.91 Å². The summed E-state index contributed by atoms with van der Waals surface area (Å²) in [5, 5.41) is 32.7. The van der Waals surface area contributed by atoms with Gasteiger partial charge >= 0.3 is 0 Å². The molecule has 0 aromatic heterocycles. The maximum Gasteiger partial charge on any atom is 0.260 e. The zero-order valence-electron chi connectivity index (χ0n) is 17.7. The summed E-state index contributed by atoms with van der Waals surface area (Å²) >= 11 is 0. The van der Waals surface area contributed by atoms with Crippen molar-refractivity contribution in [1.82, 2.24) is 15.4 Å². The van der Waals surface area contributed by atoms with Gasteiger partial charge in [0.05, 0.1) is 30.2 Å². The molecule has 0 aliphatic heterocycles. The highest BCUT2D eigenvalue weighted by Gasteiger charge is 2.25. The molecule has 0 fully saturated rings. The summed E-state index contributed by atoms with van der Waals surface area (Å²) in [7, 11) is -3.98. The minimum absolute atomic E-state index is 0.0324. The number of anilines is 1. The lowest BCUT2D eigenvalue weighted by molar-refractivity contribution is -0.127. The predicted molar refractivity (Wildman–Crippen MR) is 122 cm³/mol. The van der Waals surface area contributed by atoms with Crippen LogP contribution in [-0.4, -0.2) is 61.5 Å². The maximum atomic E-state index is 12.4. The van der Waals surface area contributed by atoms with E-state index in [1.165, 1.54) is 12.1 Å². The first-order chi connectivity index (χ1) is 16.0. The van der Waals surface area contributed by atoms with Gasteiger partial charge in [-0.2, -0.15) is 0 Å². The largest absolute Gasteiger partial charge is 0.508 e. The van der Waals surface area contributed by atoms with Crippen LogP contribution in [0.2, 0.25) is 0 Å². The number of rotatable bonds is 10. The minimum Gasteiger partial charge on any atom is -0.508 e. The van der Waals surface area contributed by atoms with Crippen molar-refractivity contribution in [3.8, 4) is 5.75 Å². The molecule has 2 rings (SSSR count). The molecular weight excluding hydrogens is 468 g/mol. The van der Waals surface area contributed by atoms with Gasteiger partial charge in [-0.3, -0.25) is 25.1 Å². The lowest BCUT2D eigenvalue weighted by Crippen LogP contribution is -2.51. The predicted octanol–water partition coefficient (Wildman–Crippen LogP) is -1.45. The molecule has 2 aromatic carbocycles. The van der Waals surface area contributed by atoms with Crippen LogP contribution in [-0.2, 0) is 25.4 Å². The highest BCUT2D eigenvalue weighted by atomic mass is 32.2. The molecule has 0 aliphatic carbocycles. The third-order valence-corrected chi connectivity index (χ3v) is 5.57. The van der Waals surface area contributed by atoms with E-state index in [1.807, 2.05) is 5.32 Å². The number of amides is 3. The number of sulfonamides is 1. The van der Waals surface area contributed by atoms with Crippen LogP contribution >= 0.6 is 0 Å². The Bertz CT molecular complexity index is 1170. The number of hydrogen-bond donors (Lipinski definition) is 8. The van der Waals surface area contributed by atoms with Crippen LogP contribution < -0.4 is 26.4 Å². The smallest absolute Gasteiger partial charge is 0.260 e. The number of nitrogens with two attached hydrogens (primary N) is 1. The number of hydrogen-bond acceptors (Lipinski definition) is 8. The van der Waals surface area contributed by atoms with Crippen LogP contribution in [0.4, 0.5) is 5.69 Å². The average molecular weight is 493 g/mol. The molecule has 2 aromatic rings. The molecule has 0 heterocycles. The molecule has 34 heavy (non-hydrogen) atoms. The molecule has 0 saturated heterocycles. The van der Waals surface area contributed by atoms with Crippen LogP contribution in [0.5, 0.6) is 5.75 Å². The van der Waals surface area contributed by atoms with Crippen molar-refractivity contribution in [1.29, 1.82) is 5.41 Å². The second kappa shape index (κ2) is 11.7. The number of phenolic OH excluding ortho intramolecular Hbond substituents is 1. The molecule has 0 bridgehead atoms. The topological polar surface area (TPSA) is 224 Å². The van der Waals surface area contributed by atoms with Gasteiger partial charge < -0.3 is 26.6 Å². The first-order valence-corrected chi connectivity index (χ1v) is 11.4. The monoisotopic (exact) mass is 492 g/mol. The molecule has 3 amide bonds. The molecule has 1 atom stereocenters. The molecule has 0 saturated carbocycles. The van der Waals surface area contributed by atoms with E-state index in [4.69, 9.17) is 11.1 Å². The van der Waals surface area contributed by atoms with E-state index in [-0.39, 0.29) is 17.0 Å². The third-order valence-electron chi connectivity index (χ3n) is 4.21. The van der Waals surface area contributed by atoms with Gasteiger partial charge in [0.1, 0.15) is 11.8 Å². The van der Waals surface area contributed by atoms with Crippen molar-refractivity contribution in [3.63, 3.8) is 0 Å². The Morgan fingerprint density at radius 2 is 1.76 bits per heavy atom. The molecule has 182 valence electrons. The van der Waals surface area contributed by atoms with Crippen molar-refractivity contribution < 1.29 is 33.0 Å². The Labute approximate surface area is 194 Å². The summed E-state index contributed by atoms with van der Waals surface area (Å²) in [6, 6.07) is 10.1. The summed E-state index contributed by atoms with van der Waals surface area (Å²) < 4.78 is 26.6. The van der Waals surface area contributed by atoms with Crippen molar-refractivity contribution in [3.05, 3.63) is 59.7 Å². The lowest BCUT2D eigenvalue weighted by atomic mass is 10.1. The van der Waals surface area contributed by atoms with Gasteiger partial charge in [0.2, 0.25) is 21.8 Å². The Morgan fingerprint density at radius 1 is 1.09 bits per heavy atom. The molecule has 13 nitrogen and oxygen atoms in total. The standard InChI is InChI=1S/C20H24N6O7S/c21-20(22)24-15-8-13(28)6-7-14(15)18(30)25-17(29)9-23-19(31)16(10-27)26-34(32,33)11-12-4-2-1-3-5-12/h1-8,16,26-28H,9-11H2,(H,23,31)(H4,21,22,24)(H,25,29,30)/t16-/m0/s1. The number of carbonyl (C=O) groups is 3. The molecule has 0 spiro atoms. The van der Waals surface area contributed by atoms with E-state index in [9.17, 15) is 33.0 Å². The second-order valence-corrected chi connectivity index (χ2v) is 8.72. The van der Waals surface area contributed by atoms with E-state index in [0.29, 0.717) is 5.56 Å². The van der Waals surface area contributed by atoms with Gasteiger partial charge in [-0.1, -0.05) is 30.3 Å². The number of aromatic hydroxyl groups is 1. The summed E-state index contributed by atoms with van der Waals surface area (Å²) in [4.78, 5) is 36.7. The Kier molecular flexibility index (Phi) is 9.06. The van der Waals surface area contributed by atoms with Gasteiger partial charge in [0, 0.05) is 6.07 Å². The zero-order valence-corrected chi connectivity index (χ0v) is 18.6. The normalized spacial score (nSPS) is 11.8. The molecule has 0 aliphatic rings. The third kappa shape index (κ3) is 8.16. The molecule has 14 heteroatoms. The average Bonchev–Trinajstić information content (AvgIpc) is 2.75. The van der Waals surface area contributed by atoms with E-state index in [2.05, 4.69) is 15.4 Å². The van der Waals surface area contributed by atoms with Gasteiger partial charge in [0.15, 0.2) is 5.96 Å². The van der Waals surface area contributed by atoms with Crippen molar-refractivity contribution in [2.45, 2.75) is 11.8 Å². The molecule has 0 radical (unpaired) electrons. The number of carbonyl (C=O) groups excluding carboxylic acids is 3. The Balaban J connectivity index is 1.94. The number of imide groups is 1. The molecule has 0 unspecified atom stereocenters. The van der Waals surface area contributed by atoms with Crippen LogP contribution in [0.25, 0.3) is 0 Å². The van der Waals surface area contributed by atoms with Crippen LogP contribution in [0, 0.1) is 5.41 Å². The highest BCUT2D eigenvalue weighted by Crippen LogP contribution is 2.21. The summed E-state index contributed by atoms with van der Waals surface area (Å²) in [5.41, 5.74) is 5.55. The Hall–Kier alpha value is -4.01. The number of aliphatic hydroxyl groups excluding tert-OH is 1. The fourth-order valence-corrected chi connectivity index (χ4v) is 4.06. The second-order valence-electron chi connectivity index (χ2n) is 6.96. The van der Waals surface area contributed by atoms with Gasteiger partial charge in [-0.15, -0.1) is 0 Å². The van der Waals surface area contributed by atoms with Crippen LogP contribution in [0.15, 0.2) is 48.5 Å². The first-order valence-electron chi connectivity index (χ1n) is 9.71. The van der Waals surface area contributed by atoms with Gasteiger partial charge in [-0.25, -0.2) is 13.1 Å². The quantitative estimate of drug-likeness (QED) is 0.143. The summed E-state index contributed by atoms with van der Waals surface area (Å²) in [6.45, 7) is -1.57.